The lowest BCUT2D eigenvalue weighted by Crippen LogP contribution is -2.35. The van der Waals surface area contributed by atoms with Crippen molar-refractivity contribution in [3.05, 3.63) is 58.6 Å². The van der Waals surface area contributed by atoms with Crippen LogP contribution in [0.5, 0.6) is 0 Å². The van der Waals surface area contributed by atoms with Gasteiger partial charge in [-0.25, -0.2) is 4.99 Å². The number of halogens is 1. The maximum absolute atomic E-state index is 13.0. The van der Waals surface area contributed by atoms with E-state index in [-0.39, 0.29) is 24.3 Å². The summed E-state index contributed by atoms with van der Waals surface area (Å²) >= 11 is 7.51. The van der Waals surface area contributed by atoms with Gasteiger partial charge in [-0.05, 0) is 62.1 Å². The molecule has 1 saturated heterocycles. The van der Waals surface area contributed by atoms with E-state index in [2.05, 4.69) is 5.32 Å². The number of hydrogen-bond acceptors (Lipinski definition) is 4. The molecule has 0 radical (unpaired) electrons. The summed E-state index contributed by atoms with van der Waals surface area (Å²) in [4.78, 5) is 32.1. The Hall–Kier alpha value is -2.31. The highest BCUT2D eigenvalue weighted by Crippen LogP contribution is 2.39. The number of nitrogens with zero attached hydrogens (tertiary/aromatic N) is 2. The van der Waals surface area contributed by atoms with Crippen molar-refractivity contribution in [2.45, 2.75) is 44.4 Å². The Bertz CT molecular complexity index is 1000. The fourth-order valence-corrected chi connectivity index (χ4v) is 4.67. The molecule has 1 N–H and O–H groups in total. The summed E-state index contributed by atoms with van der Waals surface area (Å²) in [5, 5.41) is 3.72. The lowest BCUT2D eigenvalue weighted by atomic mass is 10.2. The first-order valence-electron chi connectivity index (χ1n) is 9.62. The first-order valence-corrected chi connectivity index (χ1v) is 10.9. The maximum Gasteiger partial charge on any atom is 0.242 e. The molecule has 1 aliphatic heterocycles. The van der Waals surface area contributed by atoms with Crippen molar-refractivity contribution in [1.29, 1.82) is 0 Å². The number of amidine groups is 1. The van der Waals surface area contributed by atoms with Crippen LogP contribution in [-0.2, 0) is 9.59 Å². The molecule has 0 aromatic heterocycles. The Kier molecular flexibility index (Phi) is 5.65. The van der Waals surface area contributed by atoms with Crippen LogP contribution in [0.4, 0.5) is 11.4 Å². The van der Waals surface area contributed by atoms with Crippen LogP contribution in [0.15, 0.2) is 47.5 Å². The quantitative estimate of drug-likeness (QED) is 0.723. The van der Waals surface area contributed by atoms with Gasteiger partial charge in [-0.15, -0.1) is 0 Å². The molecular formula is C22H22ClN3O2S. The van der Waals surface area contributed by atoms with Gasteiger partial charge >= 0.3 is 0 Å². The Morgan fingerprint density at radius 1 is 1.24 bits per heavy atom. The van der Waals surface area contributed by atoms with Crippen molar-refractivity contribution in [3.8, 4) is 0 Å². The Morgan fingerprint density at radius 3 is 2.72 bits per heavy atom. The molecule has 4 rings (SSSR count). The highest BCUT2D eigenvalue weighted by Gasteiger charge is 2.46. The molecule has 150 valence electrons. The van der Waals surface area contributed by atoms with E-state index in [0.29, 0.717) is 15.9 Å². The van der Waals surface area contributed by atoms with Gasteiger partial charge in [0.25, 0.3) is 0 Å². The summed E-state index contributed by atoms with van der Waals surface area (Å²) in [7, 11) is 0. The molecular weight excluding hydrogens is 406 g/mol. The van der Waals surface area contributed by atoms with Crippen molar-refractivity contribution >= 4 is 51.7 Å². The number of aryl methyl sites for hydroxylation is 1. The normalized spacial score (nSPS) is 20.4. The molecule has 1 unspecified atom stereocenters. The van der Waals surface area contributed by atoms with E-state index in [1.807, 2.05) is 44.2 Å². The average Bonchev–Trinajstić information content (AvgIpc) is 3.45. The molecule has 2 aromatic rings. The number of aliphatic imine (C=N–C) groups is 1. The van der Waals surface area contributed by atoms with E-state index in [1.54, 1.807) is 17.0 Å². The minimum absolute atomic E-state index is 0.0260. The third-order valence-corrected chi connectivity index (χ3v) is 6.58. The van der Waals surface area contributed by atoms with Crippen LogP contribution in [0.3, 0.4) is 0 Å². The van der Waals surface area contributed by atoms with Gasteiger partial charge in [0.05, 0.1) is 5.69 Å². The summed E-state index contributed by atoms with van der Waals surface area (Å²) in [6, 6.07) is 13.5. The third-order valence-electron chi connectivity index (χ3n) is 5.02. The number of anilines is 1. The number of carbonyl (C=O) groups excluding carboxylic acids is 2. The Balaban J connectivity index is 1.50. The molecule has 1 aliphatic carbocycles. The molecule has 5 nitrogen and oxygen atoms in total. The van der Waals surface area contributed by atoms with E-state index in [9.17, 15) is 9.59 Å². The second kappa shape index (κ2) is 8.20. The molecule has 2 aromatic carbocycles. The molecule has 0 spiro atoms. The second-order valence-electron chi connectivity index (χ2n) is 7.44. The summed E-state index contributed by atoms with van der Waals surface area (Å²) in [6.07, 6.45) is 2.07. The smallest absolute Gasteiger partial charge is 0.242 e. The fraction of sp³-hybridized carbons (Fsp3) is 0.318. The molecule has 7 heteroatoms. The van der Waals surface area contributed by atoms with Crippen molar-refractivity contribution in [1.82, 2.24) is 4.90 Å². The zero-order valence-corrected chi connectivity index (χ0v) is 17.9. The second-order valence-corrected chi connectivity index (χ2v) is 9.02. The highest BCUT2D eigenvalue weighted by atomic mass is 35.5. The molecule has 1 atom stereocenters. The first kappa shape index (κ1) is 20.0. The summed E-state index contributed by atoms with van der Waals surface area (Å²) in [5.41, 5.74) is 3.43. The van der Waals surface area contributed by atoms with Gasteiger partial charge in [-0.2, -0.15) is 0 Å². The lowest BCUT2D eigenvalue weighted by molar-refractivity contribution is -0.128. The largest absolute Gasteiger partial charge is 0.326 e. The number of hydrogen-bond donors (Lipinski definition) is 1. The predicted molar refractivity (Wildman–Crippen MR) is 119 cm³/mol. The molecule has 1 saturated carbocycles. The van der Waals surface area contributed by atoms with Crippen LogP contribution < -0.4 is 5.32 Å². The standard InChI is InChI=1S/C22H22ClN3O2S/c1-13-5-3-6-15(11-13)24-22-26(16-9-10-16)21(28)19(29-22)12-20(27)25-18-8-4-7-17(23)14(18)2/h3-8,11,16,19H,9-10,12H2,1-2H3,(H,25,27). The number of thioether (sulfide) groups is 1. The van der Waals surface area contributed by atoms with Gasteiger partial charge in [0.2, 0.25) is 11.8 Å². The van der Waals surface area contributed by atoms with Crippen LogP contribution in [-0.4, -0.2) is 33.2 Å². The van der Waals surface area contributed by atoms with Gasteiger partial charge in [0, 0.05) is 23.2 Å². The van der Waals surface area contributed by atoms with Crippen molar-refractivity contribution < 1.29 is 9.59 Å². The van der Waals surface area contributed by atoms with Gasteiger partial charge in [-0.3, -0.25) is 14.5 Å². The molecule has 29 heavy (non-hydrogen) atoms. The van der Waals surface area contributed by atoms with E-state index in [4.69, 9.17) is 16.6 Å². The van der Waals surface area contributed by atoms with Crippen molar-refractivity contribution in [3.63, 3.8) is 0 Å². The number of nitrogens with one attached hydrogen (secondary N) is 1. The molecule has 2 amide bonds. The minimum Gasteiger partial charge on any atom is -0.326 e. The van der Waals surface area contributed by atoms with Gasteiger partial charge < -0.3 is 5.32 Å². The van der Waals surface area contributed by atoms with E-state index in [1.165, 1.54) is 11.8 Å². The summed E-state index contributed by atoms with van der Waals surface area (Å²) < 4.78 is 0. The number of benzene rings is 2. The van der Waals surface area contributed by atoms with Gasteiger partial charge in [0.1, 0.15) is 5.25 Å². The summed E-state index contributed by atoms with van der Waals surface area (Å²) in [5.74, 6) is -0.226. The first-order chi connectivity index (χ1) is 13.9. The zero-order valence-electron chi connectivity index (χ0n) is 16.3. The number of amides is 2. The SMILES string of the molecule is Cc1cccc(N=C2SC(CC(=O)Nc3cccc(Cl)c3C)C(=O)N2C2CC2)c1. The summed E-state index contributed by atoms with van der Waals surface area (Å²) in [6.45, 7) is 3.87. The third kappa shape index (κ3) is 4.49. The molecule has 2 fully saturated rings. The monoisotopic (exact) mass is 427 g/mol. The minimum atomic E-state index is -0.460. The van der Waals surface area contributed by atoms with Crippen LogP contribution in [0.2, 0.25) is 5.02 Å². The van der Waals surface area contributed by atoms with Gasteiger partial charge in [-0.1, -0.05) is 41.6 Å². The maximum atomic E-state index is 13.0. The molecule has 0 bridgehead atoms. The van der Waals surface area contributed by atoms with Crippen molar-refractivity contribution in [2.24, 2.45) is 4.99 Å². The number of rotatable bonds is 5. The highest BCUT2D eigenvalue weighted by molar-refractivity contribution is 8.15. The Morgan fingerprint density at radius 2 is 2.00 bits per heavy atom. The van der Waals surface area contributed by atoms with E-state index < -0.39 is 5.25 Å². The Labute approximate surface area is 179 Å². The van der Waals surface area contributed by atoms with Crippen molar-refractivity contribution in [2.75, 3.05) is 5.32 Å². The van der Waals surface area contributed by atoms with Crippen LogP contribution >= 0.6 is 23.4 Å². The van der Waals surface area contributed by atoms with E-state index in [0.717, 1.165) is 29.7 Å². The number of carbonyl (C=O) groups is 2. The molecule has 2 aliphatic rings. The average molecular weight is 428 g/mol. The van der Waals surface area contributed by atoms with E-state index >= 15 is 0 Å². The zero-order chi connectivity index (χ0) is 20.5. The fourth-order valence-electron chi connectivity index (χ4n) is 3.28. The topological polar surface area (TPSA) is 61.8 Å². The molecule has 1 heterocycles. The lowest BCUT2D eigenvalue weighted by Gasteiger charge is -2.15. The van der Waals surface area contributed by atoms with Gasteiger partial charge in [0.15, 0.2) is 5.17 Å². The van der Waals surface area contributed by atoms with Crippen LogP contribution in [0, 0.1) is 13.8 Å². The van der Waals surface area contributed by atoms with Crippen LogP contribution in [0.1, 0.15) is 30.4 Å². The predicted octanol–water partition coefficient (Wildman–Crippen LogP) is 5.08. The van der Waals surface area contributed by atoms with Crippen LogP contribution in [0.25, 0.3) is 0 Å².